The largest absolute Gasteiger partial charge is 0.478 e. The first-order chi connectivity index (χ1) is 9.94. The molecule has 0 bridgehead atoms. The van der Waals surface area contributed by atoms with Crippen LogP contribution in [-0.2, 0) is 10.1 Å². The molecule has 110 valence electrons. The molecule has 0 fully saturated rings. The fourth-order valence-corrected chi connectivity index (χ4v) is 2.26. The summed E-state index contributed by atoms with van der Waals surface area (Å²) >= 11 is 3.42. The van der Waals surface area contributed by atoms with Gasteiger partial charge in [0.25, 0.3) is 0 Å². The number of halogens is 1. The van der Waals surface area contributed by atoms with Gasteiger partial charge in [0.05, 0.1) is 0 Å². The molecule has 1 N–H and O–H groups in total. The van der Waals surface area contributed by atoms with E-state index in [1.165, 1.54) is 5.56 Å². The maximum Gasteiger partial charge on any atom is 0.347 e. The minimum Gasteiger partial charge on any atom is -0.478 e. The van der Waals surface area contributed by atoms with Gasteiger partial charge in [0.1, 0.15) is 5.75 Å². The lowest BCUT2D eigenvalue weighted by Crippen LogP contribution is -2.38. The van der Waals surface area contributed by atoms with E-state index in [2.05, 4.69) is 15.9 Å². The molecule has 4 heteroatoms. The van der Waals surface area contributed by atoms with Crippen molar-refractivity contribution in [2.24, 2.45) is 0 Å². The smallest absolute Gasteiger partial charge is 0.347 e. The molecule has 2 aromatic carbocycles. The number of hydrogen-bond acceptors (Lipinski definition) is 2. The van der Waals surface area contributed by atoms with E-state index >= 15 is 0 Å². The van der Waals surface area contributed by atoms with Crippen LogP contribution in [0.2, 0.25) is 0 Å². The molecule has 0 radical (unpaired) electrons. The Balaban J connectivity index is 2.38. The van der Waals surface area contributed by atoms with Crippen LogP contribution in [-0.4, -0.2) is 16.7 Å². The third kappa shape index (κ3) is 3.64. The molecule has 0 aliphatic rings. The second-order valence-corrected chi connectivity index (χ2v) is 5.80. The zero-order valence-corrected chi connectivity index (χ0v) is 13.6. The Labute approximate surface area is 132 Å². The summed E-state index contributed by atoms with van der Waals surface area (Å²) in [6.07, 6.45) is 0. The van der Waals surface area contributed by atoms with Gasteiger partial charge in [-0.25, -0.2) is 4.79 Å². The monoisotopic (exact) mass is 348 g/mol. The number of rotatable bonds is 5. The molecule has 0 spiro atoms. The summed E-state index contributed by atoms with van der Waals surface area (Å²) in [5, 5.41) is 10.0. The van der Waals surface area contributed by atoms with E-state index in [4.69, 9.17) is 4.74 Å². The Bertz CT molecular complexity index is 633. The number of alkyl halides is 1. The van der Waals surface area contributed by atoms with Gasteiger partial charge in [0.2, 0.25) is 0 Å². The Morgan fingerprint density at radius 1 is 1.14 bits per heavy atom. The van der Waals surface area contributed by atoms with Crippen LogP contribution in [0.3, 0.4) is 0 Å². The number of hydrogen-bond donors (Lipinski definition) is 1. The summed E-state index contributed by atoms with van der Waals surface area (Å²) in [7, 11) is 0. The maximum atomic E-state index is 11.2. The zero-order valence-electron chi connectivity index (χ0n) is 12.0. The Morgan fingerprint density at radius 3 is 2.33 bits per heavy atom. The van der Waals surface area contributed by atoms with Crippen LogP contribution in [0.15, 0.2) is 48.5 Å². The van der Waals surface area contributed by atoms with Crippen molar-refractivity contribution in [2.75, 3.05) is 0 Å². The molecule has 0 saturated carbocycles. The molecule has 2 rings (SSSR count). The van der Waals surface area contributed by atoms with Crippen molar-refractivity contribution < 1.29 is 14.6 Å². The molecule has 3 nitrogen and oxygen atoms in total. The van der Waals surface area contributed by atoms with Crippen LogP contribution in [0, 0.1) is 0 Å². The molecule has 0 aliphatic carbocycles. The fraction of sp³-hybridized carbons (Fsp3) is 0.235. The van der Waals surface area contributed by atoms with Crippen LogP contribution in [0.1, 0.15) is 19.4 Å². The second kappa shape index (κ2) is 6.31. The van der Waals surface area contributed by atoms with Crippen molar-refractivity contribution in [3.05, 3.63) is 54.1 Å². The minimum atomic E-state index is -1.27. The quantitative estimate of drug-likeness (QED) is 0.809. The molecular weight excluding hydrogens is 332 g/mol. The van der Waals surface area contributed by atoms with E-state index < -0.39 is 11.6 Å². The number of carboxylic acid groups (broad SMARTS) is 1. The third-order valence-corrected chi connectivity index (χ3v) is 3.83. The van der Waals surface area contributed by atoms with Crippen molar-refractivity contribution in [2.45, 2.75) is 24.8 Å². The number of aliphatic carboxylic acids is 1. The predicted octanol–water partition coefficient (Wildman–Crippen LogP) is 4.49. The Hall–Kier alpha value is -1.81. The van der Waals surface area contributed by atoms with Gasteiger partial charge >= 0.3 is 5.97 Å². The summed E-state index contributed by atoms with van der Waals surface area (Å²) in [5.41, 5.74) is 1.79. The highest BCUT2D eigenvalue weighted by Gasteiger charge is 2.30. The number of benzene rings is 2. The van der Waals surface area contributed by atoms with Gasteiger partial charge in [-0.2, -0.15) is 0 Å². The van der Waals surface area contributed by atoms with Crippen molar-refractivity contribution in [3.63, 3.8) is 0 Å². The lowest BCUT2D eigenvalue weighted by molar-refractivity contribution is -0.152. The van der Waals surface area contributed by atoms with Gasteiger partial charge in [0.15, 0.2) is 5.60 Å². The summed E-state index contributed by atoms with van der Waals surface area (Å²) < 4.78 is 5.70. The third-order valence-electron chi connectivity index (χ3n) is 3.19. The SMILES string of the molecule is CC(C)(Oc1ccccc1-c1ccc(CBr)cc1)C(=O)O. The minimum absolute atomic E-state index is 0.566. The van der Waals surface area contributed by atoms with Gasteiger partial charge in [0, 0.05) is 10.9 Å². The van der Waals surface area contributed by atoms with Crippen LogP contribution < -0.4 is 4.74 Å². The molecule has 0 heterocycles. The van der Waals surface area contributed by atoms with Gasteiger partial charge in [-0.1, -0.05) is 58.4 Å². The first-order valence-electron chi connectivity index (χ1n) is 6.61. The summed E-state index contributed by atoms with van der Waals surface area (Å²) in [6.45, 7) is 3.08. The first-order valence-corrected chi connectivity index (χ1v) is 7.73. The predicted molar refractivity (Wildman–Crippen MR) is 86.9 cm³/mol. The van der Waals surface area contributed by atoms with E-state index in [1.54, 1.807) is 19.9 Å². The summed E-state index contributed by atoms with van der Waals surface area (Å²) in [6, 6.07) is 15.5. The lowest BCUT2D eigenvalue weighted by atomic mass is 10.0. The second-order valence-electron chi connectivity index (χ2n) is 5.24. The molecule has 0 atom stereocenters. The van der Waals surface area contributed by atoms with Crippen molar-refractivity contribution in [3.8, 4) is 16.9 Å². The number of ether oxygens (including phenoxy) is 1. The number of carboxylic acids is 1. The van der Waals surface area contributed by atoms with Crippen LogP contribution in [0.4, 0.5) is 0 Å². The highest BCUT2D eigenvalue weighted by molar-refractivity contribution is 9.08. The highest BCUT2D eigenvalue weighted by atomic mass is 79.9. The summed E-state index contributed by atoms with van der Waals surface area (Å²) in [4.78, 5) is 11.2. The van der Waals surface area contributed by atoms with Crippen LogP contribution >= 0.6 is 15.9 Å². The molecule has 21 heavy (non-hydrogen) atoms. The molecule has 0 amide bonds. The van der Waals surface area contributed by atoms with Crippen molar-refractivity contribution in [1.82, 2.24) is 0 Å². The lowest BCUT2D eigenvalue weighted by Gasteiger charge is -2.23. The fourth-order valence-electron chi connectivity index (χ4n) is 1.89. The van der Waals surface area contributed by atoms with E-state index in [0.29, 0.717) is 5.75 Å². The molecule has 0 unspecified atom stereocenters. The highest BCUT2D eigenvalue weighted by Crippen LogP contribution is 2.32. The number of carbonyl (C=O) groups is 1. The maximum absolute atomic E-state index is 11.2. The van der Waals surface area contributed by atoms with E-state index in [0.717, 1.165) is 16.5 Å². The van der Waals surface area contributed by atoms with Crippen molar-refractivity contribution >= 4 is 21.9 Å². The zero-order chi connectivity index (χ0) is 15.5. The topological polar surface area (TPSA) is 46.5 Å². The Morgan fingerprint density at radius 2 is 1.76 bits per heavy atom. The summed E-state index contributed by atoms with van der Waals surface area (Å²) in [5.74, 6) is -0.427. The molecule has 0 aliphatic heterocycles. The average molecular weight is 349 g/mol. The van der Waals surface area contributed by atoms with Gasteiger partial charge in [-0.15, -0.1) is 0 Å². The van der Waals surface area contributed by atoms with E-state index in [1.807, 2.05) is 42.5 Å². The number of para-hydroxylation sites is 1. The van der Waals surface area contributed by atoms with Gasteiger partial charge in [-0.05, 0) is 31.0 Å². The van der Waals surface area contributed by atoms with Crippen LogP contribution in [0.5, 0.6) is 5.75 Å². The molecular formula is C17H17BrO3. The van der Waals surface area contributed by atoms with Gasteiger partial charge < -0.3 is 9.84 Å². The standard InChI is InChI=1S/C17H17BrO3/c1-17(2,16(19)20)21-15-6-4-3-5-14(15)13-9-7-12(11-18)8-10-13/h3-10H,11H2,1-2H3,(H,19,20). The molecule has 0 aromatic heterocycles. The first kappa shape index (κ1) is 15.6. The normalized spacial score (nSPS) is 11.2. The molecule has 2 aromatic rings. The molecule has 0 saturated heterocycles. The van der Waals surface area contributed by atoms with Crippen LogP contribution in [0.25, 0.3) is 11.1 Å². The van der Waals surface area contributed by atoms with Gasteiger partial charge in [-0.3, -0.25) is 0 Å². The van der Waals surface area contributed by atoms with Crippen molar-refractivity contribution in [1.29, 1.82) is 0 Å². The average Bonchev–Trinajstić information content (AvgIpc) is 2.47. The van der Waals surface area contributed by atoms with E-state index in [-0.39, 0.29) is 0 Å². The van der Waals surface area contributed by atoms with E-state index in [9.17, 15) is 9.90 Å². The Kier molecular flexibility index (Phi) is 4.68.